The van der Waals surface area contributed by atoms with Gasteiger partial charge in [-0.2, -0.15) is 36.5 Å². The molecule has 0 radical (unpaired) electrons. The third kappa shape index (κ3) is 9.85. The molecule has 0 atom stereocenters. The molecule has 0 aliphatic carbocycles. The van der Waals surface area contributed by atoms with Crippen LogP contribution in [0, 0.1) is 27.7 Å². The first-order valence-corrected chi connectivity index (χ1v) is 23.6. The van der Waals surface area contributed by atoms with Crippen molar-refractivity contribution in [2.24, 2.45) is 7.05 Å². The van der Waals surface area contributed by atoms with Gasteiger partial charge < -0.3 is 18.6 Å². The van der Waals surface area contributed by atoms with E-state index in [1.54, 1.807) is 62.0 Å². The molecule has 8 heterocycles. The molecule has 8 aromatic heterocycles. The van der Waals surface area contributed by atoms with Gasteiger partial charge in [0.25, 0.3) is 17.1 Å². The van der Waals surface area contributed by atoms with Gasteiger partial charge in [0.1, 0.15) is 58.9 Å². The Morgan fingerprint density at radius 2 is 1.18 bits per heavy atom. The summed E-state index contributed by atoms with van der Waals surface area (Å²) in [5.41, 5.74) is 1.72. The zero-order valence-electron chi connectivity index (χ0n) is 40.9. The summed E-state index contributed by atoms with van der Waals surface area (Å²) in [7, 11) is 1.84. The zero-order chi connectivity index (χ0) is 53.8. The molecule has 16 nitrogen and oxygen atoms in total. The van der Waals surface area contributed by atoms with E-state index in [9.17, 15) is 35.9 Å². The number of benzene rings is 2. The number of hydrogen-bond donors (Lipinski definition) is 0. The van der Waals surface area contributed by atoms with E-state index in [2.05, 4.69) is 15.1 Å². The average molecular weight is 1060 g/mol. The van der Waals surface area contributed by atoms with Crippen LogP contribution in [0.25, 0.3) is 50.3 Å². The van der Waals surface area contributed by atoms with E-state index < -0.39 is 41.1 Å². The van der Waals surface area contributed by atoms with E-state index in [1.165, 1.54) is 29.6 Å². The Morgan fingerprint density at radius 1 is 0.632 bits per heavy atom. The van der Waals surface area contributed by atoms with Gasteiger partial charge in [-0.15, -0.1) is 0 Å². The number of halogens is 7. The number of rotatable bonds is 13. The van der Waals surface area contributed by atoms with Crippen molar-refractivity contribution < 1.29 is 35.8 Å². The summed E-state index contributed by atoms with van der Waals surface area (Å²) >= 11 is 6.99. The number of fused-ring (bicyclic) bond motifs is 2. The quantitative estimate of drug-likeness (QED) is 0.100. The van der Waals surface area contributed by atoms with E-state index in [-0.39, 0.29) is 47.8 Å². The van der Waals surface area contributed by atoms with Crippen LogP contribution in [0.4, 0.5) is 26.3 Å². The fourth-order valence-electron chi connectivity index (χ4n) is 8.93. The highest BCUT2D eigenvalue weighted by Crippen LogP contribution is 2.38. The van der Waals surface area contributed by atoms with Crippen molar-refractivity contribution in [2.45, 2.75) is 66.4 Å². The van der Waals surface area contributed by atoms with Crippen LogP contribution >= 0.6 is 11.6 Å². The van der Waals surface area contributed by atoms with Crippen LogP contribution in [0.1, 0.15) is 56.4 Å². The minimum absolute atomic E-state index is 0.0181. The van der Waals surface area contributed by atoms with Gasteiger partial charge in [0.2, 0.25) is 0 Å². The number of para-hydroxylation sites is 2. The standard InChI is InChI=1S/C53H41ClF6N12O4/c1-28-20-34(43-16-17-63-69(43)5)32-10-6-14-44(47(32)64-28)76-26-37-31(4)66-51(67-42(37)24-71-19-9-13-39(50(71)74)53(58,59)60)72-22-40(54)46(68-72)35-21-29(2)65-48-33(35)11-7-15-45(48)75-25-36-30(3)61-27-62-41(36)23-70-18-8-12-38(49(70)73)52(55,56)57/h6-22,27H,23-26H2,1-5H3. The van der Waals surface area contributed by atoms with Crippen molar-refractivity contribution in [3.8, 4) is 40.0 Å². The molecular formula is C53H41ClF6N12O4. The number of nitrogens with zero attached hydrogens (tertiary/aromatic N) is 12. The first kappa shape index (κ1) is 50.7. The van der Waals surface area contributed by atoms with Crippen LogP contribution in [0.15, 0.2) is 120 Å². The van der Waals surface area contributed by atoms with E-state index >= 15 is 0 Å². The topological polar surface area (TPSA) is 175 Å². The van der Waals surface area contributed by atoms with E-state index in [0.717, 1.165) is 55.7 Å². The Labute approximate surface area is 431 Å². The molecule has 386 valence electrons. The summed E-state index contributed by atoms with van der Waals surface area (Å²) in [6.07, 6.45) is -2.85. The summed E-state index contributed by atoms with van der Waals surface area (Å²) in [4.78, 5) is 53.9. The van der Waals surface area contributed by atoms with Crippen LogP contribution in [-0.2, 0) is 45.7 Å². The predicted molar refractivity (Wildman–Crippen MR) is 268 cm³/mol. The van der Waals surface area contributed by atoms with Gasteiger partial charge in [-0.3, -0.25) is 14.3 Å². The molecule has 2 aromatic carbocycles. The van der Waals surface area contributed by atoms with Gasteiger partial charge >= 0.3 is 12.4 Å². The fraction of sp³-hybridized carbons (Fsp3) is 0.208. The summed E-state index contributed by atoms with van der Waals surface area (Å²) in [6.45, 7) is 5.98. The van der Waals surface area contributed by atoms with E-state index in [4.69, 9.17) is 46.1 Å². The van der Waals surface area contributed by atoms with Crippen molar-refractivity contribution in [3.63, 3.8) is 0 Å². The zero-order valence-corrected chi connectivity index (χ0v) is 41.6. The van der Waals surface area contributed by atoms with Gasteiger partial charge in [-0.1, -0.05) is 35.9 Å². The molecule has 0 N–H and O–H groups in total. The minimum atomic E-state index is -4.92. The van der Waals surface area contributed by atoms with Crippen molar-refractivity contribution in [1.82, 2.24) is 58.6 Å². The Kier molecular flexibility index (Phi) is 13.2. The van der Waals surface area contributed by atoms with Crippen LogP contribution in [0.2, 0.25) is 5.02 Å². The molecule has 0 spiro atoms. The second-order valence-corrected chi connectivity index (χ2v) is 18.1. The first-order valence-electron chi connectivity index (χ1n) is 23.2. The van der Waals surface area contributed by atoms with E-state index in [0.29, 0.717) is 61.7 Å². The molecule has 0 aliphatic rings. The van der Waals surface area contributed by atoms with Crippen LogP contribution < -0.4 is 20.6 Å². The van der Waals surface area contributed by atoms with Crippen LogP contribution in [0.3, 0.4) is 0 Å². The van der Waals surface area contributed by atoms with Crippen molar-refractivity contribution in [1.29, 1.82) is 0 Å². The van der Waals surface area contributed by atoms with Gasteiger partial charge in [0.15, 0.2) is 0 Å². The van der Waals surface area contributed by atoms with Crippen molar-refractivity contribution in [3.05, 3.63) is 192 Å². The largest absolute Gasteiger partial charge is 0.486 e. The molecule has 0 aliphatic heterocycles. The Hall–Kier alpha value is -8.79. The summed E-state index contributed by atoms with van der Waals surface area (Å²) < 4.78 is 101. The Balaban J connectivity index is 0.996. The maximum absolute atomic E-state index is 14.0. The number of aryl methyl sites for hydroxylation is 5. The molecule has 10 aromatic rings. The highest BCUT2D eigenvalue weighted by Gasteiger charge is 2.35. The summed E-state index contributed by atoms with van der Waals surface area (Å²) in [5, 5.41) is 10.7. The monoisotopic (exact) mass is 1060 g/mol. The molecule has 23 heteroatoms. The molecule has 0 saturated carbocycles. The SMILES string of the molecule is Cc1cc(-c2nn(-c3nc(C)c(COc4cccc5c(-c6ccnn6C)cc(C)nc45)c(Cn4cccc(C(F)(F)F)c4=O)n3)cc2Cl)c2cccc(OCc3c(C)ncnc3Cn3cccc(C(F)(F)F)c3=O)c2n1. The van der Waals surface area contributed by atoms with E-state index in [1.807, 2.05) is 38.2 Å². The molecule has 0 unspecified atom stereocenters. The molecule has 0 amide bonds. The lowest BCUT2D eigenvalue weighted by atomic mass is 10.0. The van der Waals surface area contributed by atoms with Crippen molar-refractivity contribution in [2.75, 3.05) is 0 Å². The first-order chi connectivity index (χ1) is 36.2. The second-order valence-electron chi connectivity index (χ2n) is 17.7. The van der Waals surface area contributed by atoms with Crippen LogP contribution in [-0.4, -0.2) is 58.6 Å². The van der Waals surface area contributed by atoms with Gasteiger partial charge in [-0.05, 0) is 82.3 Å². The number of pyridine rings is 4. The highest BCUT2D eigenvalue weighted by atomic mass is 35.5. The van der Waals surface area contributed by atoms with Gasteiger partial charge in [-0.25, -0.2) is 34.6 Å². The van der Waals surface area contributed by atoms with Crippen LogP contribution in [0.5, 0.6) is 11.5 Å². The smallest absolute Gasteiger partial charge is 0.421 e. The number of aromatic nitrogens is 12. The van der Waals surface area contributed by atoms with Gasteiger partial charge in [0.05, 0.1) is 41.4 Å². The minimum Gasteiger partial charge on any atom is -0.486 e. The molecule has 0 bridgehead atoms. The average Bonchev–Trinajstić information content (AvgIpc) is 4.03. The summed E-state index contributed by atoms with van der Waals surface area (Å²) in [5.74, 6) is 0.710. The lowest BCUT2D eigenvalue weighted by Crippen LogP contribution is -2.29. The maximum Gasteiger partial charge on any atom is 0.421 e. The Morgan fingerprint density at radius 3 is 1.75 bits per heavy atom. The number of ether oxygens (including phenoxy) is 2. The molecule has 0 saturated heterocycles. The highest BCUT2D eigenvalue weighted by molar-refractivity contribution is 6.33. The predicted octanol–water partition coefficient (Wildman–Crippen LogP) is 10.1. The lowest BCUT2D eigenvalue weighted by Gasteiger charge is -2.17. The molecule has 76 heavy (non-hydrogen) atoms. The molecular weight excluding hydrogens is 1020 g/mol. The summed E-state index contributed by atoms with van der Waals surface area (Å²) in [6, 6.07) is 20.0. The second kappa shape index (κ2) is 19.8. The normalized spacial score (nSPS) is 12.0. The number of alkyl halides is 6. The van der Waals surface area contributed by atoms with Crippen molar-refractivity contribution >= 4 is 33.4 Å². The Bertz CT molecular complexity index is 4040. The lowest BCUT2D eigenvalue weighted by molar-refractivity contribution is -0.139. The third-order valence-electron chi connectivity index (χ3n) is 12.7. The molecule has 0 fully saturated rings. The third-order valence-corrected chi connectivity index (χ3v) is 12.9. The molecule has 10 rings (SSSR count). The van der Waals surface area contributed by atoms with Gasteiger partial charge in [0, 0.05) is 81.4 Å². The number of hydrogen-bond acceptors (Lipinski definition) is 12. The maximum atomic E-state index is 14.0. The fourth-order valence-corrected chi connectivity index (χ4v) is 9.16.